The molecule has 0 saturated carbocycles. The Labute approximate surface area is 227 Å². The summed E-state index contributed by atoms with van der Waals surface area (Å²) in [7, 11) is 0. The van der Waals surface area contributed by atoms with E-state index < -0.39 is 0 Å². The van der Waals surface area contributed by atoms with E-state index in [1.54, 1.807) is 13.0 Å². The second kappa shape index (κ2) is 11.5. The monoisotopic (exact) mass is 524 g/mol. The molecule has 0 saturated heterocycles. The molecule has 0 unspecified atom stereocenters. The number of ether oxygens (including phenoxy) is 2. The summed E-state index contributed by atoms with van der Waals surface area (Å²) in [5, 5.41) is 0.688. The van der Waals surface area contributed by atoms with Gasteiger partial charge in [0.1, 0.15) is 18.2 Å². The lowest BCUT2D eigenvalue weighted by Crippen LogP contribution is -2.06. The minimum absolute atomic E-state index is 0.334. The number of aryl methyl sites for hydroxylation is 1. The highest BCUT2D eigenvalue weighted by Crippen LogP contribution is 2.27. The van der Waals surface area contributed by atoms with Crippen molar-refractivity contribution in [1.29, 1.82) is 0 Å². The summed E-state index contributed by atoms with van der Waals surface area (Å²) in [4.78, 5) is 16.9. The largest absolute Gasteiger partial charge is 0.489 e. The summed E-state index contributed by atoms with van der Waals surface area (Å²) in [5.41, 5.74) is 6.53. The van der Waals surface area contributed by atoms with Crippen molar-refractivity contribution in [1.82, 2.24) is 9.55 Å². The lowest BCUT2D eigenvalue weighted by molar-refractivity contribution is 0.0526. The SMILES string of the molecule is CCOC(=O)c1ccc2nc(C)n(Cc3ccc(Cc4ccccc4OCc4ccccc4)cc3Cl)c2c1. The molecule has 38 heavy (non-hydrogen) atoms. The van der Waals surface area contributed by atoms with Gasteiger partial charge >= 0.3 is 5.97 Å². The number of nitrogens with zero attached hydrogens (tertiary/aromatic N) is 2. The number of carbonyl (C=O) groups is 1. The van der Waals surface area contributed by atoms with Crippen molar-refractivity contribution >= 4 is 28.6 Å². The molecule has 0 aliphatic carbocycles. The fourth-order valence-electron chi connectivity index (χ4n) is 4.53. The van der Waals surface area contributed by atoms with Crippen LogP contribution in [-0.2, 0) is 24.3 Å². The fourth-order valence-corrected chi connectivity index (χ4v) is 4.79. The van der Waals surface area contributed by atoms with Crippen molar-refractivity contribution < 1.29 is 14.3 Å². The Hall–Kier alpha value is -4.09. The van der Waals surface area contributed by atoms with Crippen molar-refractivity contribution in [3.05, 3.63) is 130 Å². The molecular weight excluding hydrogens is 496 g/mol. The Morgan fingerprint density at radius 1 is 0.895 bits per heavy atom. The van der Waals surface area contributed by atoms with Crippen LogP contribution in [0.5, 0.6) is 5.75 Å². The van der Waals surface area contributed by atoms with E-state index in [4.69, 9.17) is 21.1 Å². The highest BCUT2D eigenvalue weighted by atomic mass is 35.5. The lowest BCUT2D eigenvalue weighted by Gasteiger charge is -2.13. The number of para-hydroxylation sites is 1. The smallest absolute Gasteiger partial charge is 0.338 e. The maximum absolute atomic E-state index is 12.3. The first-order chi connectivity index (χ1) is 18.5. The van der Waals surface area contributed by atoms with E-state index in [0.717, 1.165) is 44.9 Å². The molecule has 0 aliphatic rings. The van der Waals surface area contributed by atoms with Crippen LogP contribution in [0.3, 0.4) is 0 Å². The van der Waals surface area contributed by atoms with E-state index >= 15 is 0 Å². The van der Waals surface area contributed by atoms with Crippen LogP contribution in [0.1, 0.15) is 45.4 Å². The van der Waals surface area contributed by atoms with E-state index in [0.29, 0.717) is 36.8 Å². The average Bonchev–Trinajstić information content (AvgIpc) is 3.24. The van der Waals surface area contributed by atoms with Crippen LogP contribution >= 0.6 is 11.6 Å². The number of fused-ring (bicyclic) bond motifs is 1. The van der Waals surface area contributed by atoms with Gasteiger partial charge in [-0.1, -0.05) is 72.3 Å². The number of aromatic nitrogens is 2. The zero-order chi connectivity index (χ0) is 26.5. The Kier molecular flexibility index (Phi) is 7.75. The molecule has 0 bridgehead atoms. The molecule has 5 nitrogen and oxygen atoms in total. The Morgan fingerprint density at radius 2 is 1.68 bits per heavy atom. The average molecular weight is 525 g/mol. The van der Waals surface area contributed by atoms with Crippen LogP contribution in [0.2, 0.25) is 5.02 Å². The Bertz CT molecular complexity index is 1580. The van der Waals surface area contributed by atoms with Crippen LogP contribution in [-0.4, -0.2) is 22.1 Å². The third-order valence-corrected chi connectivity index (χ3v) is 6.85. The molecule has 192 valence electrons. The third-order valence-electron chi connectivity index (χ3n) is 6.50. The molecule has 5 rings (SSSR count). The second-order valence-electron chi connectivity index (χ2n) is 9.15. The molecule has 6 heteroatoms. The number of imidazole rings is 1. The van der Waals surface area contributed by atoms with E-state index in [1.165, 1.54) is 0 Å². The molecule has 0 spiro atoms. The minimum atomic E-state index is -0.338. The number of hydrogen-bond donors (Lipinski definition) is 0. The van der Waals surface area contributed by atoms with Crippen molar-refractivity contribution in [3.63, 3.8) is 0 Å². The molecule has 4 aromatic carbocycles. The van der Waals surface area contributed by atoms with Gasteiger partial charge in [0.15, 0.2) is 0 Å². The van der Waals surface area contributed by atoms with E-state index in [1.807, 2.05) is 61.5 Å². The van der Waals surface area contributed by atoms with Crippen molar-refractivity contribution in [2.75, 3.05) is 6.61 Å². The van der Waals surface area contributed by atoms with Crippen molar-refractivity contribution in [2.45, 2.75) is 33.4 Å². The highest BCUT2D eigenvalue weighted by Gasteiger charge is 2.14. The first kappa shape index (κ1) is 25.6. The van der Waals surface area contributed by atoms with Crippen molar-refractivity contribution in [2.24, 2.45) is 0 Å². The van der Waals surface area contributed by atoms with Gasteiger partial charge in [-0.3, -0.25) is 0 Å². The van der Waals surface area contributed by atoms with Gasteiger partial charge in [0.2, 0.25) is 0 Å². The predicted molar refractivity (Wildman–Crippen MR) is 151 cm³/mol. The van der Waals surface area contributed by atoms with E-state index in [9.17, 15) is 4.79 Å². The van der Waals surface area contributed by atoms with Gasteiger partial charge in [0, 0.05) is 11.4 Å². The molecule has 0 amide bonds. The van der Waals surface area contributed by atoms with Gasteiger partial charge in [-0.15, -0.1) is 0 Å². The molecule has 1 aromatic heterocycles. The summed E-state index contributed by atoms with van der Waals surface area (Å²) in [6.45, 7) is 5.16. The van der Waals surface area contributed by atoms with Gasteiger partial charge in [-0.25, -0.2) is 9.78 Å². The summed E-state index contributed by atoms with van der Waals surface area (Å²) in [6, 6.07) is 29.9. The van der Waals surface area contributed by atoms with Gasteiger partial charge in [-0.2, -0.15) is 0 Å². The molecular formula is C32H29ClN2O3. The Morgan fingerprint density at radius 3 is 2.47 bits per heavy atom. The standard InChI is InChI=1S/C32H29ClN2O3/c1-3-37-32(36)26-15-16-29-30(19-26)35(22(2)34-29)20-27-14-13-24(18-28(27)33)17-25-11-7-8-12-31(25)38-21-23-9-5-4-6-10-23/h4-16,18-19H,3,17,20-21H2,1-2H3. The predicted octanol–water partition coefficient (Wildman–Crippen LogP) is 7.39. The molecule has 0 fully saturated rings. The maximum Gasteiger partial charge on any atom is 0.338 e. The third kappa shape index (κ3) is 5.74. The van der Waals surface area contributed by atoms with Crippen LogP contribution < -0.4 is 4.74 Å². The minimum Gasteiger partial charge on any atom is -0.489 e. The number of carbonyl (C=O) groups excluding carboxylic acids is 1. The topological polar surface area (TPSA) is 53.3 Å². The highest BCUT2D eigenvalue weighted by molar-refractivity contribution is 6.31. The molecule has 0 aliphatic heterocycles. The molecule has 0 atom stereocenters. The number of halogens is 1. The number of benzene rings is 4. The number of esters is 1. The fraction of sp³-hybridized carbons (Fsp3) is 0.188. The molecule has 0 radical (unpaired) electrons. The summed E-state index contributed by atoms with van der Waals surface area (Å²) in [6.07, 6.45) is 0.709. The molecule has 5 aromatic rings. The number of rotatable bonds is 9. The molecule has 0 N–H and O–H groups in total. The van der Waals surface area contributed by atoms with E-state index in [-0.39, 0.29) is 5.97 Å². The zero-order valence-corrected chi connectivity index (χ0v) is 22.2. The van der Waals surface area contributed by atoms with Gasteiger partial charge in [0.05, 0.1) is 29.7 Å². The quantitative estimate of drug-likeness (QED) is 0.189. The van der Waals surface area contributed by atoms with Gasteiger partial charge < -0.3 is 14.0 Å². The lowest BCUT2D eigenvalue weighted by atomic mass is 10.0. The van der Waals surface area contributed by atoms with Gasteiger partial charge in [0.25, 0.3) is 0 Å². The van der Waals surface area contributed by atoms with Crippen LogP contribution in [0.4, 0.5) is 0 Å². The van der Waals surface area contributed by atoms with E-state index in [2.05, 4.69) is 39.9 Å². The second-order valence-corrected chi connectivity index (χ2v) is 9.56. The van der Waals surface area contributed by atoms with Crippen LogP contribution in [0.25, 0.3) is 11.0 Å². The normalized spacial score (nSPS) is 11.0. The van der Waals surface area contributed by atoms with Gasteiger partial charge in [-0.05, 0) is 66.4 Å². The molecule has 1 heterocycles. The number of hydrogen-bond acceptors (Lipinski definition) is 4. The van der Waals surface area contributed by atoms with Crippen molar-refractivity contribution in [3.8, 4) is 5.75 Å². The zero-order valence-electron chi connectivity index (χ0n) is 21.5. The van der Waals surface area contributed by atoms with Crippen LogP contribution in [0.15, 0.2) is 91.0 Å². The first-order valence-electron chi connectivity index (χ1n) is 12.7. The summed E-state index contributed by atoms with van der Waals surface area (Å²) < 4.78 is 13.4. The van der Waals surface area contributed by atoms with Crippen LogP contribution in [0, 0.1) is 6.92 Å². The first-order valence-corrected chi connectivity index (χ1v) is 13.1. The Balaban J connectivity index is 1.35. The summed E-state index contributed by atoms with van der Waals surface area (Å²) >= 11 is 6.78. The summed E-state index contributed by atoms with van der Waals surface area (Å²) in [5.74, 6) is 1.38. The maximum atomic E-state index is 12.3.